The molecule has 0 heterocycles. The van der Waals surface area contributed by atoms with Crippen LogP contribution < -0.4 is 5.73 Å². The van der Waals surface area contributed by atoms with E-state index < -0.39 is 0 Å². The summed E-state index contributed by atoms with van der Waals surface area (Å²) < 4.78 is 0. The Morgan fingerprint density at radius 2 is 1.57 bits per heavy atom. The third kappa shape index (κ3) is 4.99. The Balaban J connectivity index is 4.13. The van der Waals surface area contributed by atoms with Crippen molar-refractivity contribution < 1.29 is 0 Å². The minimum Gasteiger partial charge on any atom is -0.330 e. The van der Waals surface area contributed by atoms with E-state index in [9.17, 15) is 0 Å². The Morgan fingerprint density at radius 1 is 1.07 bits per heavy atom. The zero-order valence-corrected chi connectivity index (χ0v) is 10.6. The second-order valence-corrected chi connectivity index (χ2v) is 5.16. The fraction of sp³-hybridized carbons (Fsp3) is 1.00. The van der Waals surface area contributed by atoms with Crippen molar-refractivity contribution in [2.45, 2.75) is 66.2 Å². The number of hydrogen-bond donors (Lipinski definition) is 1. The van der Waals surface area contributed by atoms with Crippen LogP contribution in [0.5, 0.6) is 0 Å². The first-order valence-corrected chi connectivity index (χ1v) is 6.28. The van der Waals surface area contributed by atoms with E-state index in [4.69, 9.17) is 5.73 Å². The summed E-state index contributed by atoms with van der Waals surface area (Å²) in [6.45, 7) is 10.3. The Bertz CT molecular complexity index is 123. The molecule has 14 heavy (non-hydrogen) atoms. The SMILES string of the molecule is CCCC(CCC)C(C)(C)CCCN. The molecule has 1 heteroatoms. The molecule has 0 rings (SSSR count). The third-order valence-corrected chi connectivity index (χ3v) is 3.40. The predicted molar refractivity (Wildman–Crippen MR) is 65.4 cm³/mol. The molecule has 2 N–H and O–H groups in total. The van der Waals surface area contributed by atoms with Crippen LogP contribution in [0.25, 0.3) is 0 Å². The monoisotopic (exact) mass is 199 g/mol. The molecule has 0 saturated carbocycles. The quantitative estimate of drug-likeness (QED) is 0.629. The van der Waals surface area contributed by atoms with Gasteiger partial charge in [0.1, 0.15) is 0 Å². The van der Waals surface area contributed by atoms with Crippen molar-refractivity contribution in [3.05, 3.63) is 0 Å². The Morgan fingerprint density at radius 3 is 1.93 bits per heavy atom. The molecule has 0 radical (unpaired) electrons. The summed E-state index contributed by atoms with van der Waals surface area (Å²) in [6, 6.07) is 0. The molecule has 0 aliphatic carbocycles. The van der Waals surface area contributed by atoms with Gasteiger partial charge in [0.2, 0.25) is 0 Å². The highest BCUT2D eigenvalue weighted by Crippen LogP contribution is 2.37. The van der Waals surface area contributed by atoms with Gasteiger partial charge in [-0.15, -0.1) is 0 Å². The zero-order valence-electron chi connectivity index (χ0n) is 10.6. The molecule has 0 atom stereocenters. The van der Waals surface area contributed by atoms with Crippen LogP contribution in [0, 0.1) is 11.3 Å². The molecule has 0 bridgehead atoms. The van der Waals surface area contributed by atoms with Crippen molar-refractivity contribution in [2.24, 2.45) is 17.1 Å². The second-order valence-electron chi connectivity index (χ2n) is 5.16. The average molecular weight is 199 g/mol. The Labute approximate surface area is 90.5 Å². The summed E-state index contributed by atoms with van der Waals surface area (Å²) in [7, 11) is 0. The molecular formula is C13H29N. The van der Waals surface area contributed by atoms with Gasteiger partial charge in [0, 0.05) is 0 Å². The largest absolute Gasteiger partial charge is 0.330 e. The normalized spacial score (nSPS) is 12.4. The van der Waals surface area contributed by atoms with Crippen LogP contribution >= 0.6 is 0 Å². The maximum atomic E-state index is 5.58. The minimum absolute atomic E-state index is 0.491. The first-order valence-electron chi connectivity index (χ1n) is 6.28. The van der Waals surface area contributed by atoms with Gasteiger partial charge < -0.3 is 5.73 Å². The fourth-order valence-corrected chi connectivity index (χ4v) is 2.38. The molecule has 0 unspecified atom stereocenters. The number of hydrogen-bond acceptors (Lipinski definition) is 1. The molecule has 0 aromatic rings. The molecule has 0 aromatic heterocycles. The lowest BCUT2D eigenvalue weighted by Crippen LogP contribution is -2.25. The first kappa shape index (κ1) is 14.0. The molecule has 0 spiro atoms. The van der Waals surface area contributed by atoms with Gasteiger partial charge in [0.25, 0.3) is 0 Å². The summed E-state index contributed by atoms with van der Waals surface area (Å²) in [5.41, 5.74) is 6.08. The van der Waals surface area contributed by atoms with E-state index in [0.717, 1.165) is 12.5 Å². The van der Waals surface area contributed by atoms with Crippen molar-refractivity contribution in [1.29, 1.82) is 0 Å². The topological polar surface area (TPSA) is 26.0 Å². The van der Waals surface area contributed by atoms with Crippen LogP contribution in [0.2, 0.25) is 0 Å². The Hall–Kier alpha value is -0.0400. The van der Waals surface area contributed by atoms with E-state index in [2.05, 4.69) is 27.7 Å². The molecule has 0 amide bonds. The van der Waals surface area contributed by atoms with Gasteiger partial charge in [-0.2, -0.15) is 0 Å². The van der Waals surface area contributed by atoms with E-state index in [0.29, 0.717) is 5.41 Å². The molecule has 0 saturated heterocycles. The summed E-state index contributed by atoms with van der Waals surface area (Å²) in [5, 5.41) is 0. The van der Waals surface area contributed by atoms with E-state index >= 15 is 0 Å². The highest BCUT2D eigenvalue weighted by Gasteiger charge is 2.27. The van der Waals surface area contributed by atoms with Crippen molar-refractivity contribution in [1.82, 2.24) is 0 Å². The minimum atomic E-state index is 0.491. The number of rotatable bonds is 8. The lowest BCUT2D eigenvalue weighted by atomic mass is 9.71. The average Bonchev–Trinajstić information content (AvgIpc) is 2.14. The van der Waals surface area contributed by atoms with Crippen LogP contribution in [0.15, 0.2) is 0 Å². The summed E-state index contributed by atoms with van der Waals surface area (Å²) >= 11 is 0. The van der Waals surface area contributed by atoms with Crippen LogP contribution in [0.3, 0.4) is 0 Å². The van der Waals surface area contributed by atoms with E-state index in [-0.39, 0.29) is 0 Å². The number of nitrogens with two attached hydrogens (primary N) is 1. The van der Waals surface area contributed by atoms with Gasteiger partial charge in [-0.05, 0) is 30.7 Å². The van der Waals surface area contributed by atoms with Gasteiger partial charge in [-0.1, -0.05) is 53.4 Å². The lowest BCUT2D eigenvalue weighted by Gasteiger charge is -2.34. The third-order valence-electron chi connectivity index (χ3n) is 3.40. The van der Waals surface area contributed by atoms with Crippen LogP contribution in [0.4, 0.5) is 0 Å². The lowest BCUT2D eigenvalue weighted by molar-refractivity contribution is 0.166. The molecule has 0 fully saturated rings. The highest BCUT2D eigenvalue weighted by molar-refractivity contribution is 4.78. The van der Waals surface area contributed by atoms with Gasteiger partial charge in [0.15, 0.2) is 0 Å². The molecule has 0 aliphatic heterocycles. The first-order chi connectivity index (χ1) is 6.58. The molecule has 0 aliphatic rings. The smallest absolute Gasteiger partial charge is 0.00771 e. The fourth-order valence-electron chi connectivity index (χ4n) is 2.38. The van der Waals surface area contributed by atoms with Crippen LogP contribution in [-0.4, -0.2) is 6.54 Å². The second kappa shape index (κ2) is 7.28. The molecule has 0 aromatic carbocycles. The van der Waals surface area contributed by atoms with Crippen LogP contribution in [-0.2, 0) is 0 Å². The molecular weight excluding hydrogens is 170 g/mol. The van der Waals surface area contributed by atoms with Gasteiger partial charge in [-0.25, -0.2) is 0 Å². The maximum absolute atomic E-state index is 5.58. The maximum Gasteiger partial charge on any atom is -0.00771 e. The summed E-state index contributed by atoms with van der Waals surface area (Å²) in [5.74, 6) is 0.893. The van der Waals surface area contributed by atoms with E-state index in [1.807, 2.05) is 0 Å². The molecule has 1 nitrogen and oxygen atoms in total. The van der Waals surface area contributed by atoms with Crippen LogP contribution in [0.1, 0.15) is 66.2 Å². The van der Waals surface area contributed by atoms with E-state index in [1.165, 1.54) is 38.5 Å². The molecule has 86 valence electrons. The standard InChI is InChI=1S/C13H29N/c1-5-8-12(9-6-2)13(3,4)10-7-11-14/h12H,5-11,14H2,1-4H3. The summed E-state index contributed by atoms with van der Waals surface area (Å²) in [4.78, 5) is 0. The summed E-state index contributed by atoms with van der Waals surface area (Å²) in [6.07, 6.45) is 7.86. The van der Waals surface area contributed by atoms with E-state index in [1.54, 1.807) is 0 Å². The van der Waals surface area contributed by atoms with Gasteiger partial charge >= 0.3 is 0 Å². The van der Waals surface area contributed by atoms with Crippen molar-refractivity contribution in [2.75, 3.05) is 6.54 Å². The van der Waals surface area contributed by atoms with Gasteiger partial charge in [0.05, 0.1) is 0 Å². The van der Waals surface area contributed by atoms with Crippen molar-refractivity contribution in [3.63, 3.8) is 0 Å². The van der Waals surface area contributed by atoms with Crippen molar-refractivity contribution in [3.8, 4) is 0 Å². The Kier molecular flexibility index (Phi) is 7.26. The van der Waals surface area contributed by atoms with Gasteiger partial charge in [-0.3, -0.25) is 0 Å². The predicted octanol–water partition coefficient (Wildman–Crippen LogP) is 3.97. The van der Waals surface area contributed by atoms with Crippen molar-refractivity contribution >= 4 is 0 Å². The highest BCUT2D eigenvalue weighted by atomic mass is 14.5. The zero-order chi connectivity index (χ0) is 11.0.